The lowest BCUT2D eigenvalue weighted by molar-refractivity contribution is 0.0588. The van der Waals surface area contributed by atoms with Gasteiger partial charge in [-0.25, -0.2) is 9.78 Å². The second-order valence-corrected chi connectivity index (χ2v) is 5.48. The maximum Gasteiger partial charge on any atom is 0.356 e. The lowest BCUT2D eigenvalue weighted by Gasteiger charge is -2.21. The fourth-order valence-electron chi connectivity index (χ4n) is 2.57. The molecule has 23 heavy (non-hydrogen) atoms. The standard InChI is InChI=1S/C18H15ClN2O2/c1-23-18(22)16-11-20-12-21(16)17(13-5-3-2-4-6-13)14-7-9-15(19)10-8-14/h2-12,17H,1H3. The van der Waals surface area contributed by atoms with Crippen LogP contribution in [0.15, 0.2) is 67.1 Å². The minimum absolute atomic E-state index is 0.190. The second kappa shape index (κ2) is 6.67. The van der Waals surface area contributed by atoms with Crippen molar-refractivity contribution < 1.29 is 9.53 Å². The van der Waals surface area contributed by atoms with Crippen LogP contribution in [0.3, 0.4) is 0 Å². The molecule has 0 aliphatic rings. The van der Waals surface area contributed by atoms with Crippen molar-refractivity contribution in [2.75, 3.05) is 7.11 Å². The predicted molar refractivity (Wildman–Crippen MR) is 88.7 cm³/mol. The van der Waals surface area contributed by atoms with E-state index < -0.39 is 5.97 Å². The lowest BCUT2D eigenvalue weighted by atomic mass is 9.98. The number of carbonyl (C=O) groups is 1. The largest absolute Gasteiger partial charge is 0.464 e. The van der Waals surface area contributed by atoms with Crippen molar-refractivity contribution in [3.05, 3.63) is 89.0 Å². The van der Waals surface area contributed by atoms with E-state index in [1.165, 1.54) is 13.3 Å². The zero-order valence-electron chi connectivity index (χ0n) is 12.5. The molecule has 116 valence electrons. The van der Waals surface area contributed by atoms with Crippen LogP contribution >= 0.6 is 11.6 Å². The summed E-state index contributed by atoms with van der Waals surface area (Å²) in [6, 6.07) is 17.3. The summed E-state index contributed by atoms with van der Waals surface area (Å²) >= 11 is 6.00. The number of carbonyl (C=O) groups excluding carboxylic acids is 1. The Kier molecular flexibility index (Phi) is 4.44. The number of ether oxygens (including phenoxy) is 1. The Morgan fingerprint density at radius 3 is 2.39 bits per heavy atom. The Hall–Kier alpha value is -2.59. The average Bonchev–Trinajstić information content (AvgIpc) is 3.06. The molecular formula is C18H15ClN2O2. The summed E-state index contributed by atoms with van der Waals surface area (Å²) in [5.41, 5.74) is 2.44. The molecule has 0 saturated heterocycles. The van der Waals surface area contributed by atoms with Crippen molar-refractivity contribution in [1.82, 2.24) is 9.55 Å². The molecule has 0 aliphatic carbocycles. The Balaban J connectivity index is 2.15. The van der Waals surface area contributed by atoms with Gasteiger partial charge >= 0.3 is 5.97 Å². The molecule has 4 nitrogen and oxygen atoms in total. The van der Waals surface area contributed by atoms with Gasteiger partial charge in [0.2, 0.25) is 0 Å². The summed E-state index contributed by atoms with van der Waals surface area (Å²) in [7, 11) is 1.36. The molecule has 2 aromatic carbocycles. The molecule has 0 spiro atoms. The Labute approximate surface area is 139 Å². The number of hydrogen-bond acceptors (Lipinski definition) is 3. The number of rotatable bonds is 4. The zero-order valence-corrected chi connectivity index (χ0v) is 13.3. The van der Waals surface area contributed by atoms with Crippen LogP contribution in [-0.4, -0.2) is 22.6 Å². The van der Waals surface area contributed by atoms with E-state index in [1.807, 2.05) is 59.2 Å². The van der Waals surface area contributed by atoms with Gasteiger partial charge in [0, 0.05) is 5.02 Å². The fraction of sp³-hybridized carbons (Fsp3) is 0.111. The van der Waals surface area contributed by atoms with Crippen LogP contribution in [0, 0.1) is 0 Å². The van der Waals surface area contributed by atoms with Crippen molar-refractivity contribution in [2.45, 2.75) is 6.04 Å². The third-order valence-corrected chi connectivity index (χ3v) is 3.89. The second-order valence-electron chi connectivity index (χ2n) is 5.04. The van der Waals surface area contributed by atoms with E-state index in [4.69, 9.17) is 16.3 Å². The molecule has 1 unspecified atom stereocenters. The van der Waals surface area contributed by atoms with Gasteiger partial charge in [-0.05, 0) is 23.3 Å². The first-order valence-electron chi connectivity index (χ1n) is 7.11. The first-order chi connectivity index (χ1) is 11.2. The first kappa shape index (κ1) is 15.3. The van der Waals surface area contributed by atoms with E-state index in [9.17, 15) is 4.79 Å². The molecule has 1 aromatic heterocycles. The molecular weight excluding hydrogens is 312 g/mol. The van der Waals surface area contributed by atoms with E-state index >= 15 is 0 Å². The molecule has 0 radical (unpaired) electrons. The van der Waals surface area contributed by atoms with E-state index in [0.717, 1.165) is 11.1 Å². The third kappa shape index (κ3) is 3.12. The quantitative estimate of drug-likeness (QED) is 0.682. The van der Waals surface area contributed by atoms with E-state index in [2.05, 4.69) is 4.98 Å². The summed E-state index contributed by atoms with van der Waals surface area (Å²) in [6.45, 7) is 0. The number of methoxy groups -OCH3 is 1. The van der Waals surface area contributed by atoms with E-state index in [-0.39, 0.29) is 6.04 Å². The maximum absolute atomic E-state index is 12.0. The molecule has 0 bridgehead atoms. The highest BCUT2D eigenvalue weighted by molar-refractivity contribution is 6.30. The molecule has 5 heteroatoms. The smallest absolute Gasteiger partial charge is 0.356 e. The maximum atomic E-state index is 12.0. The highest BCUT2D eigenvalue weighted by atomic mass is 35.5. The average molecular weight is 327 g/mol. The van der Waals surface area contributed by atoms with Crippen LogP contribution < -0.4 is 0 Å². The van der Waals surface area contributed by atoms with Gasteiger partial charge in [0.15, 0.2) is 0 Å². The number of imidazole rings is 1. The Bertz CT molecular complexity index is 797. The molecule has 0 N–H and O–H groups in total. The number of nitrogens with zero attached hydrogens (tertiary/aromatic N) is 2. The normalized spacial score (nSPS) is 11.9. The van der Waals surface area contributed by atoms with Crippen LogP contribution in [0.25, 0.3) is 0 Å². The van der Waals surface area contributed by atoms with E-state index in [1.54, 1.807) is 6.33 Å². The van der Waals surface area contributed by atoms with Crippen molar-refractivity contribution >= 4 is 17.6 Å². The predicted octanol–water partition coefficient (Wildman–Crippen LogP) is 3.96. The molecule has 3 aromatic rings. The van der Waals surface area contributed by atoms with Gasteiger partial charge in [-0.2, -0.15) is 0 Å². The molecule has 1 heterocycles. The fourth-order valence-corrected chi connectivity index (χ4v) is 2.69. The number of esters is 1. The van der Waals surface area contributed by atoms with Gasteiger partial charge in [-0.3, -0.25) is 0 Å². The van der Waals surface area contributed by atoms with Crippen molar-refractivity contribution in [3.63, 3.8) is 0 Å². The highest BCUT2D eigenvalue weighted by Gasteiger charge is 2.22. The summed E-state index contributed by atoms with van der Waals surface area (Å²) < 4.78 is 6.67. The van der Waals surface area contributed by atoms with Gasteiger partial charge < -0.3 is 9.30 Å². The van der Waals surface area contributed by atoms with Gasteiger partial charge in [-0.1, -0.05) is 54.1 Å². The minimum atomic E-state index is -0.419. The van der Waals surface area contributed by atoms with Crippen molar-refractivity contribution in [1.29, 1.82) is 0 Å². The van der Waals surface area contributed by atoms with Gasteiger partial charge in [0.1, 0.15) is 5.69 Å². The summed E-state index contributed by atoms with van der Waals surface area (Å²) in [4.78, 5) is 16.1. The summed E-state index contributed by atoms with van der Waals surface area (Å²) in [6.07, 6.45) is 3.15. The van der Waals surface area contributed by atoms with Crippen molar-refractivity contribution in [2.24, 2.45) is 0 Å². The molecule has 3 rings (SSSR count). The van der Waals surface area contributed by atoms with Crippen LogP contribution in [0.5, 0.6) is 0 Å². The molecule has 0 amide bonds. The first-order valence-corrected chi connectivity index (χ1v) is 7.49. The topological polar surface area (TPSA) is 44.1 Å². The third-order valence-electron chi connectivity index (χ3n) is 3.64. The summed E-state index contributed by atoms with van der Waals surface area (Å²) in [5, 5.41) is 0.666. The van der Waals surface area contributed by atoms with Crippen molar-refractivity contribution in [3.8, 4) is 0 Å². The number of hydrogen-bond donors (Lipinski definition) is 0. The highest BCUT2D eigenvalue weighted by Crippen LogP contribution is 2.29. The van der Waals surface area contributed by atoms with Crippen LogP contribution in [0.1, 0.15) is 27.7 Å². The molecule has 0 fully saturated rings. The van der Waals surface area contributed by atoms with Gasteiger partial charge in [0.25, 0.3) is 0 Å². The molecule has 0 saturated carbocycles. The van der Waals surface area contributed by atoms with E-state index in [0.29, 0.717) is 10.7 Å². The Morgan fingerprint density at radius 1 is 1.09 bits per heavy atom. The van der Waals surface area contributed by atoms with Crippen LogP contribution in [0.4, 0.5) is 0 Å². The monoisotopic (exact) mass is 326 g/mol. The van der Waals surface area contributed by atoms with Gasteiger partial charge in [0.05, 0.1) is 25.7 Å². The van der Waals surface area contributed by atoms with Crippen LogP contribution in [-0.2, 0) is 4.74 Å². The minimum Gasteiger partial charge on any atom is -0.464 e. The number of aromatic nitrogens is 2. The Morgan fingerprint density at radius 2 is 1.74 bits per heavy atom. The molecule has 1 atom stereocenters. The van der Waals surface area contributed by atoms with Crippen LogP contribution in [0.2, 0.25) is 5.02 Å². The molecule has 0 aliphatic heterocycles. The summed E-state index contributed by atoms with van der Waals surface area (Å²) in [5.74, 6) is -0.419. The lowest BCUT2D eigenvalue weighted by Crippen LogP contribution is -2.17. The number of halogens is 1. The zero-order chi connectivity index (χ0) is 16.2. The van der Waals surface area contributed by atoms with Gasteiger partial charge in [-0.15, -0.1) is 0 Å². The number of benzene rings is 2. The SMILES string of the molecule is COC(=O)c1cncn1C(c1ccccc1)c1ccc(Cl)cc1.